The molecule has 31 heavy (non-hydrogen) atoms. The molecule has 0 spiro atoms. The second-order valence-electron chi connectivity index (χ2n) is 9.41. The van der Waals surface area contributed by atoms with Crippen LogP contribution in [0.1, 0.15) is 25.0 Å². The Bertz CT molecular complexity index is 1700. The van der Waals surface area contributed by atoms with Crippen LogP contribution in [0.2, 0.25) is 0 Å². The summed E-state index contributed by atoms with van der Waals surface area (Å²) in [5, 5.41) is 10.7. The first-order valence-electron chi connectivity index (χ1n) is 11.0. The Morgan fingerprint density at radius 1 is 0.484 bits per heavy atom. The molecule has 0 saturated carbocycles. The van der Waals surface area contributed by atoms with Gasteiger partial charge in [0.25, 0.3) is 0 Å². The predicted molar refractivity (Wildman–Crippen MR) is 134 cm³/mol. The van der Waals surface area contributed by atoms with Crippen molar-refractivity contribution in [2.75, 3.05) is 0 Å². The second-order valence-corrected chi connectivity index (χ2v) is 9.41. The monoisotopic (exact) mass is 394 g/mol. The molecule has 0 N–H and O–H groups in total. The number of rotatable bonds is 0. The van der Waals surface area contributed by atoms with Gasteiger partial charge in [-0.15, -0.1) is 0 Å². The molecular formula is C31H22. The molecule has 0 amide bonds. The van der Waals surface area contributed by atoms with E-state index < -0.39 is 0 Å². The fourth-order valence-electron chi connectivity index (χ4n) is 5.83. The first kappa shape index (κ1) is 17.1. The van der Waals surface area contributed by atoms with E-state index >= 15 is 0 Å². The lowest BCUT2D eigenvalue weighted by Crippen LogP contribution is -2.24. The fourth-order valence-corrected chi connectivity index (χ4v) is 5.83. The summed E-state index contributed by atoms with van der Waals surface area (Å²) >= 11 is 0. The number of hydrogen-bond acceptors (Lipinski definition) is 0. The highest BCUT2D eigenvalue weighted by Crippen LogP contribution is 2.52. The molecule has 0 aliphatic heterocycles. The van der Waals surface area contributed by atoms with Crippen LogP contribution in [0.25, 0.3) is 54.2 Å². The fraction of sp³-hybridized carbons (Fsp3) is 0.0968. The van der Waals surface area contributed by atoms with Gasteiger partial charge in [-0.2, -0.15) is 0 Å². The lowest BCUT2D eigenvalue weighted by Gasteiger charge is -2.36. The summed E-state index contributed by atoms with van der Waals surface area (Å²) in [7, 11) is 0. The van der Waals surface area contributed by atoms with E-state index in [-0.39, 0.29) is 5.41 Å². The lowest BCUT2D eigenvalue weighted by atomic mass is 9.67. The van der Waals surface area contributed by atoms with Gasteiger partial charge in [-0.05, 0) is 83.5 Å². The highest BCUT2D eigenvalue weighted by atomic mass is 14.4. The first-order valence-corrected chi connectivity index (χ1v) is 11.0. The quantitative estimate of drug-likeness (QED) is 0.179. The molecule has 6 aromatic rings. The van der Waals surface area contributed by atoms with Crippen LogP contribution < -0.4 is 0 Å². The molecule has 7 rings (SSSR count). The second kappa shape index (κ2) is 5.74. The third kappa shape index (κ3) is 2.15. The summed E-state index contributed by atoms with van der Waals surface area (Å²) in [5.41, 5.74) is 5.57. The van der Waals surface area contributed by atoms with Crippen molar-refractivity contribution in [3.63, 3.8) is 0 Å². The summed E-state index contributed by atoms with van der Waals surface area (Å²) < 4.78 is 0. The van der Waals surface area contributed by atoms with Gasteiger partial charge in [-0.1, -0.05) is 92.7 Å². The molecule has 0 fully saturated rings. The number of fused-ring (bicyclic) bond motifs is 7. The van der Waals surface area contributed by atoms with Crippen LogP contribution >= 0.6 is 0 Å². The summed E-state index contributed by atoms with van der Waals surface area (Å²) in [6, 6.07) is 36.2. The smallest absolute Gasteiger partial charge is 0.0159 e. The Morgan fingerprint density at radius 2 is 1.16 bits per heavy atom. The molecule has 1 aliphatic carbocycles. The third-order valence-electron chi connectivity index (χ3n) is 7.39. The minimum Gasteiger partial charge on any atom is -0.0616 e. The molecule has 1 aliphatic rings. The summed E-state index contributed by atoms with van der Waals surface area (Å²) in [6.07, 6.45) is 0. The van der Waals surface area contributed by atoms with Gasteiger partial charge in [-0.25, -0.2) is 0 Å². The van der Waals surface area contributed by atoms with Crippen molar-refractivity contribution in [2.45, 2.75) is 19.3 Å². The van der Waals surface area contributed by atoms with Gasteiger partial charge in [-0.3, -0.25) is 0 Å². The van der Waals surface area contributed by atoms with Gasteiger partial charge in [0.1, 0.15) is 0 Å². The molecule has 0 heterocycles. The van der Waals surface area contributed by atoms with E-state index in [1.807, 2.05) is 0 Å². The Hall–Kier alpha value is -3.64. The molecule has 0 radical (unpaired) electrons. The van der Waals surface area contributed by atoms with Gasteiger partial charge >= 0.3 is 0 Å². The summed E-state index contributed by atoms with van der Waals surface area (Å²) in [5.74, 6) is 0. The Kier molecular flexibility index (Phi) is 3.16. The van der Waals surface area contributed by atoms with Crippen LogP contribution in [0, 0.1) is 0 Å². The topological polar surface area (TPSA) is 0 Å². The third-order valence-corrected chi connectivity index (χ3v) is 7.39. The zero-order chi connectivity index (χ0) is 20.7. The molecule has 146 valence electrons. The Labute approximate surface area is 181 Å². The van der Waals surface area contributed by atoms with Crippen molar-refractivity contribution < 1.29 is 0 Å². The van der Waals surface area contributed by atoms with Crippen LogP contribution in [0.4, 0.5) is 0 Å². The zero-order valence-electron chi connectivity index (χ0n) is 17.7. The van der Waals surface area contributed by atoms with Crippen LogP contribution in [-0.2, 0) is 5.41 Å². The van der Waals surface area contributed by atoms with Gasteiger partial charge in [0.2, 0.25) is 0 Å². The van der Waals surface area contributed by atoms with E-state index in [1.54, 1.807) is 0 Å². The maximum absolute atomic E-state index is 2.43. The molecular weight excluding hydrogens is 372 g/mol. The van der Waals surface area contributed by atoms with E-state index in [9.17, 15) is 0 Å². The van der Waals surface area contributed by atoms with E-state index in [0.717, 1.165) is 0 Å². The van der Waals surface area contributed by atoms with Gasteiger partial charge in [0.05, 0.1) is 0 Å². The molecule has 6 aromatic carbocycles. The molecule has 0 nitrogen and oxygen atoms in total. The van der Waals surface area contributed by atoms with Crippen LogP contribution in [0.15, 0.2) is 97.1 Å². The van der Waals surface area contributed by atoms with Crippen LogP contribution in [0.3, 0.4) is 0 Å². The minimum absolute atomic E-state index is 0.0637. The SMILES string of the molecule is CC1(C)c2ccc3cc4ccccc4cc3c2-c2cccc3c2c1cc1ccccc13. The molecule has 0 bridgehead atoms. The van der Waals surface area contributed by atoms with Crippen LogP contribution in [0.5, 0.6) is 0 Å². The highest BCUT2D eigenvalue weighted by Gasteiger charge is 2.34. The first-order chi connectivity index (χ1) is 15.1. The molecule has 0 atom stereocenters. The van der Waals surface area contributed by atoms with E-state index in [1.165, 1.54) is 65.3 Å². The molecule has 0 aromatic heterocycles. The Morgan fingerprint density at radius 3 is 2.00 bits per heavy atom. The average Bonchev–Trinajstić information content (AvgIpc) is 2.80. The van der Waals surface area contributed by atoms with Gasteiger partial charge in [0, 0.05) is 5.41 Å². The van der Waals surface area contributed by atoms with E-state index in [2.05, 4.69) is 111 Å². The minimum atomic E-state index is -0.0637. The summed E-state index contributed by atoms with van der Waals surface area (Å²) in [6.45, 7) is 4.77. The maximum atomic E-state index is 2.43. The molecule has 0 unspecified atom stereocenters. The average molecular weight is 395 g/mol. The highest BCUT2D eigenvalue weighted by molar-refractivity contribution is 6.19. The van der Waals surface area contributed by atoms with Crippen molar-refractivity contribution >= 4 is 43.1 Å². The van der Waals surface area contributed by atoms with Gasteiger partial charge in [0.15, 0.2) is 0 Å². The van der Waals surface area contributed by atoms with Crippen molar-refractivity contribution in [2.24, 2.45) is 0 Å². The van der Waals surface area contributed by atoms with Crippen molar-refractivity contribution in [3.8, 4) is 11.1 Å². The molecule has 0 heteroatoms. The number of benzene rings is 6. The Balaban J connectivity index is 1.73. The number of hydrogen-bond donors (Lipinski definition) is 0. The molecule has 0 saturated heterocycles. The van der Waals surface area contributed by atoms with Crippen molar-refractivity contribution in [3.05, 3.63) is 108 Å². The predicted octanol–water partition coefficient (Wildman–Crippen LogP) is 8.61. The van der Waals surface area contributed by atoms with Crippen LogP contribution in [-0.4, -0.2) is 0 Å². The largest absolute Gasteiger partial charge is 0.0616 e. The van der Waals surface area contributed by atoms with E-state index in [0.29, 0.717) is 0 Å². The van der Waals surface area contributed by atoms with Gasteiger partial charge < -0.3 is 0 Å². The lowest BCUT2D eigenvalue weighted by molar-refractivity contribution is 0.647. The van der Waals surface area contributed by atoms with Crippen molar-refractivity contribution in [1.82, 2.24) is 0 Å². The van der Waals surface area contributed by atoms with Crippen molar-refractivity contribution in [1.29, 1.82) is 0 Å². The maximum Gasteiger partial charge on any atom is 0.0159 e. The van der Waals surface area contributed by atoms with E-state index in [4.69, 9.17) is 0 Å². The normalized spacial score (nSPS) is 14.4. The standard InChI is InChI=1S/C31H22/c1-31(2)27-15-14-22-16-19-8-3-4-9-20(19)17-26(22)30(27)25-13-7-12-24-23-11-6-5-10-21(23)18-28(31)29(24)25/h3-18H,1-2H3. The summed E-state index contributed by atoms with van der Waals surface area (Å²) in [4.78, 5) is 0. The zero-order valence-corrected chi connectivity index (χ0v) is 17.7.